The molecule has 13 heavy (non-hydrogen) atoms. The fourth-order valence-electron chi connectivity index (χ4n) is 2.06. The van der Waals surface area contributed by atoms with Crippen LogP contribution in [0.3, 0.4) is 0 Å². The Labute approximate surface area is 79.1 Å². The van der Waals surface area contributed by atoms with Gasteiger partial charge in [-0.15, -0.1) is 0 Å². The highest BCUT2D eigenvalue weighted by Gasteiger charge is 2.26. The minimum Gasteiger partial charge on any atom is -0.330 e. The maximum Gasteiger partial charge on any atom is 0.0361 e. The summed E-state index contributed by atoms with van der Waals surface area (Å²) >= 11 is 0. The van der Waals surface area contributed by atoms with Crippen molar-refractivity contribution in [2.24, 2.45) is 11.7 Å². The van der Waals surface area contributed by atoms with E-state index in [9.17, 15) is 0 Å². The first-order valence-corrected chi connectivity index (χ1v) is 4.90. The van der Waals surface area contributed by atoms with Crippen LogP contribution in [0, 0.1) is 5.92 Å². The second-order valence-electron chi connectivity index (χ2n) is 3.63. The van der Waals surface area contributed by atoms with Crippen LogP contribution in [-0.4, -0.2) is 13.1 Å². The maximum atomic E-state index is 5.72. The predicted molar refractivity (Wildman–Crippen MR) is 54.3 cm³/mol. The molecule has 2 unspecified atom stereocenters. The van der Waals surface area contributed by atoms with Crippen molar-refractivity contribution in [1.82, 2.24) is 5.32 Å². The molecule has 0 bridgehead atoms. The minimum atomic E-state index is 0.478. The van der Waals surface area contributed by atoms with Gasteiger partial charge >= 0.3 is 0 Å². The Hall–Kier alpha value is -0.860. The Morgan fingerprint density at radius 3 is 2.77 bits per heavy atom. The summed E-state index contributed by atoms with van der Waals surface area (Å²) < 4.78 is 0. The first-order chi connectivity index (χ1) is 6.42. The van der Waals surface area contributed by atoms with Gasteiger partial charge in [0.15, 0.2) is 0 Å². The Kier molecular flexibility index (Phi) is 2.62. The molecule has 1 saturated heterocycles. The third-order valence-electron chi connectivity index (χ3n) is 2.81. The van der Waals surface area contributed by atoms with Gasteiger partial charge in [0.1, 0.15) is 0 Å². The van der Waals surface area contributed by atoms with E-state index < -0.39 is 0 Å². The fourth-order valence-corrected chi connectivity index (χ4v) is 2.06. The number of nitrogens with two attached hydrogens (primary N) is 1. The monoisotopic (exact) mass is 176 g/mol. The molecule has 0 amide bonds. The van der Waals surface area contributed by atoms with Crippen LogP contribution in [0.1, 0.15) is 18.0 Å². The largest absolute Gasteiger partial charge is 0.330 e. The molecule has 2 heteroatoms. The quantitative estimate of drug-likeness (QED) is 0.712. The van der Waals surface area contributed by atoms with Crippen molar-refractivity contribution in [3.8, 4) is 0 Å². The second-order valence-corrected chi connectivity index (χ2v) is 3.63. The summed E-state index contributed by atoms with van der Waals surface area (Å²) in [5, 5.41) is 3.49. The Morgan fingerprint density at radius 1 is 1.31 bits per heavy atom. The van der Waals surface area contributed by atoms with Gasteiger partial charge in [-0.25, -0.2) is 0 Å². The van der Waals surface area contributed by atoms with Gasteiger partial charge in [0.2, 0.25) is 0 Å². The van der Waals surface area contributed by atoms with Crippen LogP contribution in [0.4, 0.5) is 0 Å². The van der Waals surface area contributed by atoms with Crippen LogP contribution in [0.25, 0.3) is 0 Å². The van der Waals surface area contributed by atoms with Gasteiger partial charge in [0, 0.05) is 6.04 Å². The van der Waals surface area contributed by atoms with Gasteiger partial charge in [-0.05, 0) is 31.0 Å². The standard InChI is InChI=1S/C11H16N2/c12-8-10-6-7-13-11(10)9-4-2-1-3-5-9/h1-5,10-11,13H,6-8,12H2. The number of benzene rings is 1. The van der Waals surface area contributed by atoms with E-state index in [1.165, 1.54) is 12.0 Å². The smallest absolute Gasteiger partial charge is 0.0361 e. The minimum absolute atomic E-state index is 0.478. The summed E-state index contributed by atoms with van der Waals surface area (Å²) in [4.78, 5) is 0. The Balaban J connectivity index is 2.16. The van der Waals surface area contributed by atoms with Gasteiger partial charge in [-0.1, -0.05) is 30.3 Å². The highest BCUT2D eigenvalue weighted by Crippen LogP contribution is 2.28. The van der Waals surface area contributed by atoms with E-state index in [0.717, 1.165) is 13.1 Å². The normalized spacial score (nSPS) is 27.8. The van der Waals surface area contributed by atoms with E-state index in [1.54, 1.807) is 0 Å². The van der Waals surface area contributed by atoms with E-state index in [2.05, 4.69) is 35.6 Å². The summed E-state index contributed by atoms with van der Waals surface area (Å²) in [6, 6.07) is 11.0. The highest BCUT2D eigenvalue weighted by atomic mass is 15.0. The van der Waals surface area contributed by atoms with Crippen molar-refractivity contribution in [1.29, 1.82) is 0 Å². The molecule has 1 heterocycles. The van der Waals surface area contributed by atoms with Crippen LogP contribution < -0.4 is 11.1 Å². The molecule has 0 aliphatic carbocycles. The summed E-state index contributed by atoms with van der Waals surface area (Å²) in [5.74, 6) is 0.613. The van der Waals surface area contributed by atoms with Crippen molar-refractivity contribution in [2.75, 3.05) is 13.1 Å². The molecule has 2 rings (SSSR count). The van der Waals surface area contributed by atoms with Crippen molar-refractivity contribution < 1.29 is 0 Å². The molecular weight excluding hydrogens is 160 g/mol. The second kappa shape index (κ2) is 3.90. The van der Waals surface area contributed by atoms with E-state index in [0.29, 0.717) is 12.0 Å². The Bertz CT molecular complexity index is 258. The van der Waals surface area contributed by atoms with Crippen molar-refractivity contribution in [3.63, 3.8) is 0 Å². The zero-order valence-corrected chi connectivity index (χ0v) is 7.74. The fraction of sp³-hybridized carbons (Fsp3) is 0.455. The van der Waals surface area contributed by atoms with Crippen LogP contribution in [0.5, 0.6) is 0 Å². The number of rotatable bonds is 2. The third kappa shape index (κ3) is 1.74. The van der Waals surface area contributed by atoms with E-state index >= 15 is 0 Å². The Morgan fingerprint density at radius 2 is 2.08 bits per heavy atom. The molecule has 2 nitrogen and oxygen atoms in total. The first-order valence-electron chi connectivity index (χ1n) is 4.90. The third-order valence-corrected chi connectivity index (χ3v) is 2.81. The lowest BCUT2D eigenvalue weighted by atomic mass is 9.94. The van der Waals surface area contributed by atoms with E-state index in [4.69, 9.17) is 5.73 Å². The van der Waals surface area contributed by atoms with Gasteiger partial charge in [0.25, 0.3) is 0 Å². The van der Waals surface area contributed by atoms with Gasteiger partial charge < -0.3 is 11.1 Å². The van der Waals surface area contributed by atoms with Gasteiger partial charge in [0.05, 0.1) is 0 Å². The van der Waals surface area contributed by atoms with Crippen LogP contribution in [0.2, 0.25) is 0 Å². The number of hydrogen-bond donors (Lipinski definition) is 2. The summed E-state index contributed by atoms with van der Waals surface area (Å²) in [5.41, 5.74) is 7.09. The van der Waals surface area contributed by atoms with Crippen LogP contribution >= 0.6 is 0 Å². The first kappa shape index (κ1) is 8.73. The van der Waals surface area contributed by atoms with E-state index in [1.807, 2.05) is 0 Å². The molecule has 0 aromatic heterocycles. The van der Waals surface area contributed by atoms with Crippen molar-refractivity contribution >= 4 is 0 Å². The zero-order valence-electron chi connectivity index (χ0n) is 7.74. The lowest BCUT2D eigenvalue weighted by molar-refractivity contribution is 0.473. The molecule has 70 valence electrons. The lowest BCUT2D eigenvalue weighted by Crippen LogP contribution is -2.23. The maximum absolute atomic E-state index is 5.72. The molecule has 1 aliphatic heterocycles. The molecule has 0 saturated carbocycles. The SMILES string of the molecule is NCC1CCNC1c1ccccc1. The molecule has 0 spiro atoms. The average Bonchev–Trinajstić information content (AvgIpc) is 2.67. The van der Waals surface area contributed by atoms with Gasteiger partial charge in [-0.2, -0.15) is 0 Å². The average molecular weight is 176 g/mol. The highest BCUT2D eigenvalue weighted by molar-refractivity contribution is 5.20. The van der Waals surface area contributed by atoms with Crippen LogP contribution in [-0.2, 0) is 0 Å². The van der Waals surface area contributed by atoms with Crippen LogP contribution in [0.15, 0.2) is 30.3 Å². The molecule has 3 N–H and O–H groups in total. The summed E-state index contributed by atoms with van der Waals surface area (Å²) in [6.45, 7) is 1.88. The summed E-state index contributed by atoms with van der Waals surface area (Å²) in [6.07, 6.45) is 1.20. The summed E-state index contributed by atoms with van der Waals surface area (Å²) in [7, 11) is 0. The molecule has 2 atom stereocenters. The number of nitrogens with one attached hydrogen (secondary N) is 1. The van der Waals surface area contributed by atoms with Crippen molar-refractivity contribution in [2.45, 2.75) is 12.5 Å². The topological polar surface area (TPSA) is 38.0 Å². The van der Waals surface area contributed by atoms with E-state index in [-0.39, 0.29) is 0 Å². The molecule has 1 aromatic carbocycles. The number of hydrogen-bond acceptors (Lipinski definition) is 2. The molecule has 1 aromatic rings. The molecule has 1 fully saturated rings. The lowest BCUT2D eigenvalue weighted by Gasteiger charge is -2.17. The predicted octanol–water partition coefficient (Wildman–Crippen LogP) is 1.30. The molecular formula is C11H16N2. The zero-order chi connectivity index (χ0) is 9.10. The molecule has 1 aliphatic rings. The van der Waals surface area contributed by atoms with Crippen molar-refractivity contribution in [3.05, 3.63) is 35.9 Å². The van der Waals surface area contributed by atoms with Gasteiger partial charge in [-0.3, -0.25) is 0 Å². The molecule has 0 radical (unpaired) electrons.